The van der Waals surface area contributed by atoms with Crippen molar-refractivity contribution in [3.63, 3.8) is 0 Å². The molecule has 0 bridgehead atoms. The Morgan fingerprint density at radius 3 is 2.57 bits per heavy atom. The minimum atomic E-state index is -0.753. The number of nitrogens with one attached hydrogen (secondary N) is 1. The van der Waals surface area contributed by atoms with E-state index in [1.54, 1.807) is 18.2 Å². The predicted molar refractivity (Wildman–Crippen MR) is 114 cm³/mol. The number of nitriles is 1. The van der Waals surface area contributed by atoms with E-state index in [1.165, 1.54) is 0 Å². The third kappa shape index (κ3) is 3.64. The topological polar surface area (TPSA) is 99.0 Å². The van der Waals surface area contributed by atoms with E-state index in [0.29, 0.717) is 23.4 Å². The second kappa shape index (κ2) is 8.21. The summed E-state index contributed by atoms with van der Waals surface area (Å²) in [4.78, 5) is 20.4. The highest BCUT2D eigenvalue weighted by molar-refractivity contribution is 6.30. The van der Waals surface area contributed by atoms with E-state index in [9.17, 15) is 15.2 Å². The minimum Gasteiger partial charge on any atom is -0.507 e. The Balaban J connectivity index is 1.56. The Kier molecular flexibility index (Phi) is 5.47. The van der Waals surface area contributed by atoms with Crippen LogP contribution in [0, 0.1) is 11.3 Å². The number of benzene rings is 2. The monoisotopic (exact) mass is 421 g/mol. The molecular weight excluding hydrogens is 402 g/mol. The van der Waals surface area contributed by atoms with Gasteiger partial charge in [-0.3, -0.25) is 4.79 Å². The summed E-state index contributed by atoms with van der Waals surface area (Å²) in [7, 11) is 0. The molecule has 0 aliphatic heterocycles. The fourth-order valence-electron chi connectivity index (χ4n) is 4.03. The number of imidazole rings is 1. The van der Waals surface area contributed by atoms with Crippen LogP contribution in [0.25, 0.3) is 16.6 Å². The Bertz CT molecular complexity index is 1120. The second-order valence-corrected chi connectivity index (χ2v) is 7.84. The molecule has 0 unspecified atom stereocenters. The van der Waals surface area contributed by atoms with Gasteiger partial charge in [0.1, 0.15) is 18.2 Å². The number of aromatic amines is 1. The highest BCUT2D eigenvalue weighted by Crippen LogP contribution is 2.42. The zero-order chi connectivity index (χ0) is 21.1. The lowest BCUT2D eigenvalue weighted by Crippen LogP contribution is -2.35. The van der Waals surface area contributed by atoms with Gasteiger partial charge in [0, 0.05) is 5.02 Å². The third-order valence-corrected chi connectivity index (χ3v) is 5.86. The van der Waals surface area contributed by atoms with Crippen molar-refractivity contribution in [3.8, 4) is 6.07 Å². The number of aromatic nitrogens is 2. The molecule has 152 valence electrons. The molecule has 0 saturated heterocycles. The van der Waals surface area contributed by atoms with Crippen LogP contribution >= 0.6 is 11.6 Å². The van der Waals surface area contributed by atoms with Crippen LogP contribution in [0.5, 0.6) is 0 Å². The normalized spacial score (nSPS) is 16.1. The lowest BCUT2D eigenvalue weighted by molar-refractivity contribution is -0.150. The molecular formula is C23H20ClN3O3. The number of para-hydroxylation sites is 2. The number of H-pyrrole nitrogens is 1. The van der Waals surface area contributed by atoms with Gasteiger partial charge < -0.3 is 14.8 Å². The first-order valence-electron chi connectivity index (χ1n) is 9.74. The van der Waals surface area contributed by atoms with Crippen molar-refractivity contribution in [1.29, 1.82) is 5.26 Å². The smallest absolute Gasteiger partial charge is 0.317 e. The van der Waals surface area contributed by atoms with Gasteiger partial charge in [-0.1, -0.05) is 48.7 Å². The van der Waals surface area contributed by atoms with E-state index < -0.39 is 18.0 Å². The molecule has 1 saturated carbocycles. The SMILES string of the molecule is N#C/C(=C(/O)COC(=O)C1(c2ccc(Cl)cc2)CCCC1)c1nc2ccccc2[nH]1. The molecule has 0 amide bonds. The third-order valence-electron chi connectivity index (χ3n) is 5.61. The molecule has 0 atom stereocenters. The summed E-state index contributed by atoms with van der Waals surface area (Å²) in [5.74, 6) is -0.509. The zero-order valence-corrected chi connectivity index (χ0v) is 16.9. The molecule has 1 heterocycles. The van der Waals surface area contributed by atoms with Gasteiger partial charge >= 0.3 is 5.97 Å². The van der Waals surface area contributed by atoms with Crippen LogP contribution < -0.4 is 0 Å². The fourth-order valence-corrected chi connectivity index (χ4v) is 4.15. The molecule has 2 aromatic carbocycles. The average molecular weight is 422 g/mol. The Morgan fingerprint density at radius 2 is 1.90 bits per heavy atom. The number of nitrogens with zero attached hydrogens (tertiary/aromatic N) is 2. The molecule has 6 nitrogen and oxygen atoms in total. The second-order valence-electron chi connectivity index (χ2n) is 7.41. The van der Waals surface area contributed by atoms with Crippen molar-refractivity contribution in [3.05, 3.63) is 70.7 Å². The number of carbonyl (C=O) groups excluding carboxylic acids is 1. The van der Waals surface area contributed by atoms with Gasteiger partial charge in [0.2, 0.25) is 0 Å². The Labute approximate surface area is 178 Å². The van der Waals surface area contributed by atoms with Crippen LogP contribution in [0.15, 0.2) is 54.3 Å². The molecule has 0 spiro atoms. The molecule has 1 aliphatic carbocycles. The maximum absolute atomic E-state index is 13.1. The molecule has 1 aromatic heterocycles. The van der Waals surface area contributed by atoms with Gasteiger partial charge in [-0.15, -0.1) is 0 Å². The summed E-state index contributed by atoms with van der Waals surface area (Å²) in [5.41, 5.74) is 1.48. The molecule has 0 radical (unpaired) electrons. The molecule has 4 rings (SSSR count). The molecule has 1 aliphatic rings. The number of hydrogen-bond acceptors (Lipinski definition) is 5. The van der Waals surface area contributed by atoms with Gasteiger partial charge in [-0.05, 0) is 42.7 Å². The number of carbonyl (C=O) groups is 1. The van der Waals surface area contributed by atoms with Crippen molar-refractivity contribution in [1.82, 2.24) is 9.97 Å². The predicted octanol–water partition coefficient (Wildman–Crippen LogP) is 5.06. The number of aliphatic hydroxyl groups is 1. The van der Waals surface area contributed by atoms with Crippen LogP contribution in [-0.4, -0.2) is 27.7 Å². The zero-order valence-electron chi connectivity index (χ0n) is 16.2. The maximum atomic E-state index is 13.1. The van der Waals surface area contributed by atoms with Gasteiger partial charge in [0.25, 0.3) is 0 Å². The van der Waals surface area contributed by atoms with E-state index in [1.807, 2.05) is 36.4 Å². The lowest BCUT2D eigenvalue weighted by Gasteiger charge is -2.27. The van der Waals surface area contributed by atoms with Crippen LogP contribution in [0.3, 0.4) is 0 Å². The molecule has 7 heteroatoms. The highest BCUT2D eigenvalue weighted by Gasteiger charge is 2.44. The van der Waals surface area contributed by atoms with Crippen molar-refractivity contribution in [2.75, 3.05) is 6.61 Å². The van der Waals surface area contributed by atoms with Gasteiger partial charge in [-0.25, -0.2) is 4.98 Å². The van der Waals surface area contributed by atoms with E-state index in [4.69, 9.17) is 16.3 Å². The van der Waals surface area contributed by atoms with Gasteiger partial charge in [0.05, 0.1) is 16.4 Å². The molecule has 30 heavy (non-hydrogen) atoms. The van der Waals surface area contributed by atoms with Crippen molar-refractivity contribution >= 4 is 34.2 Å². The first-order valence-corrected chi connectivity index (χ1v) is 10.1. The van der Waals surface area contributed by atoms with E-state index in [0.717, 1.165) is 23.9 Å². The first-order chi connectivity index (χ1) is 14.5. The number of aliphatic hydroxyl groups excluding tert-OH is 1. The molecule has 1 fully saturated rings. The van der Waals surface area contributed by atoms with Crippen molar-refractivity contribution in [2.45, 2.75) is 31.1 Å². The number of esters is 1. The summed E-state index contributed by atoms with van der Waals surface area (Å²) in [5, 5.41) is 20.6. The maximum Gasteiger partial charge on any atom is 0.317 e. The van der Waals surface area contributed by atoms with E-state index >= 15 is 0 Å². The van der Waals surface area contributed by atoms with E-state index in [2.05, 4.69) is 9.97 Å². The number of hydrogen-bond donors (Lipinski definition) is 2. The van der Waals surface area contributed by atoms with Crippen LogP contribution in [0.2, 0.25) is 5.02 Å². The quantitative estimate of drug-likeness (QED) is 0.340. The number of rotatable bonds is 5. The van der Waals surface area contributed by atoms with Crippen molar-refractivity contribution < 1.29 is 14.6 Å². The summed E-state index contributed by atoms with van der Waals surface area (Å²) in [6, 6.07) is 16.5. The summed E-state index contributed by atoms with van der Waals surface area (Å²) < 4.78 is 5.48. The van der Waals surface area contributed by atoms with Gasteiger partial charge in [-0.2, -0.15) is 5.26 Å². The van der Waals surface area contributed by atoms with Crippen LogP contribution in [-0.2, 0) is 14.9 Å². The van der Waals surface area contributed by atoms with Crippen LogP contribution in [0.1, 0.15) is 37.1 Å². The molecule has 3 aromatic rings. The summed E-state index contributed by atoms with van der Waals surface area (Å²) >= 11 is 5.99. The standard InChI is InChI=1S/C23H20ClN3O3/c24-16-9-7-15(8-10-16)23(11-3-4-12-23)22(29)30-14-20(28)17(13-25)21-26-18-5-1-2-6-19(18)27-21/h1-2,5-10,28H,3-4,11-12,14H2,(H,26,27)/b20-17-. The first kappa shape index (κ1) is 20.0. The number of halogens is 1. The van der Waals surface area contributed by atoms with Gasteiger partial charge in [0.15, 0.2) is 11.6 Å². The lowest BCUT2D eigenvalue weighted by atomic mass is 9.79. The van der Waals surface area contributed by atoms with Crippen molar-refractivity contribution in [2.24, 2.45) is 0 Å². The fraction of sp³-hybridized carbons (Fsp3) is 0.261. The minimum absolute atomic E-state index is 0.0500. The highest BCUT2D eigenvalue weighted by atomic mass is 35.5. The number of allylic oxidation sites excluding steroid dienone is 1. The summed E-state index contributed by atoms with van der Waals surface area (Å²) in [6.45, 7) is -0.395. The molecule has 2 N–H and O–H groups in total. The Morgan fingerprint density at radius 1 is 1.20 bits per heavy atom. The largest absolute Gasteiger partial charge is 0.507 e. The summed E-state index contributed by atoms with van der Waals surface area (Å²) in [6.07, 6.45) is 3.18. The van der Waals surface area contributed by atoms with E-state index in [-0.39, 0.29) is 17.2 Å². The average Bonchev–Trinajstić information content (AvgIpc) is 3.41. The number of ether oxygens (including phenoxy) is 1. The Hall–Kier alpha value is -3.30. The van der Waals surface area contributed by atoms with Crippen LogP contribution in [0.4, 0.5) is 0 Å². The number of fused-ring (bicyclic) bond motifs is 1.